The van der Waals surface area contributed by atoms with Crippen molar-refractivity contribution in [3.8, 4) is 0 Å². The van der Waals surface area contributed by atoms with Crippen LogP contribution in [0.4, 0.5) is 0 Å². The van der Waals surface area contributed by atoms with Gasteiger partial charge in [-0.3, -0.25) is 0 Å². The van der Waals surface area contributed by atoms with Crippen LogP contribution < -0.4 is 0 Å². The summed E-state index contributed by atoms with van der Waals surface area (Å²) in [6.07, 6.45) is 8.52. The molecule has 0 saturated carbocycles. The maximum atomic E-state index is 5.24. The Bertz CT molecular complexity index is 359. The predicted octanol–water partition coefficient (Wildman–Crippen LogP) is 2.25. The number of fused-ring (bicyclic) bond motifs is 1. The second-order valence-corrected chi connectivity index (χ2v) is 2.98. The quantitative estimate of drug-likeness (QED) is 0.671. The molecular weight excluding hydrogens is 180 g/mol. The van der Waals surface area contributed by atoms with E-state index >= 15 is 0 Å². The lowest BCUT2D eigenvalue weighted by molar-refractivity contribution is 0.116. The highest BCUT2D eigenvalue weighted by atomic mass is 16.7. The molecular formula is C11H12O3. The highest BCUT2D eigenvalue weighted by molar-refractivity contribution is 5.53. The highest BCUT2D eigenvalue weighted by Gasteiger charge is 2.18. The van der Waals surface area contributed by atoms with Crippen LogP contribution in [0.2, 0.25) is 0 Å². The Morgan fingerprint density at radius 2 is 2.07 bits per heavy atom. The van der Waals surface area contributed by atoms with Crippen LogP contribution in [0.1, 0.15) is 6.42 Å². The van der Waals surface area contributed by atoms with E-state index in [1.54, 1.807) is 20.5 Å². The first-order chi connectivity index (χ1) is 6.85. The van der Waals surface area contributed by atoms with Crippen LogP contribution in [-0.2, 0) is 14.2 Å². The molecule has 2 aliphatic rings. The molecule has 0 atom stereocenters. The maximum Gasteiger partial charge on any atom is 0.284 e. The zero-order valence-corrected chi connectivity index (χ0v) is 8.24. The summed E-state index contributed by atoms with van der Waals surface area (Å²) in [5, 5.41) is 0. The average molecular weight is 192 g/mol. The predicted molar refractivity (Wildman–Crippen MR) is 52.1 cm³/mol. The molecule has 14 heavy (non-hydrogen) atoms. The van der Waals surface area contributed by atoms with E-state index in [4.69, 9.17) is 14.2 Å². The Hall–Kier alpha value is -1.64. The zero-order valence-electron chi connectivity index (χ0n) is 8.24. The number of rotatable bonds is 2. The van der Waals surface area contributed by atoms with Gasteiger partial charge in [0.2, 0.25) is 0 Å². The van der Waals surface area contributed by atoms with Gasteiger partial charge in [0.25, 0.3) is 5.95 Å². The van der Waals surface area contributed by atoms with Crippen LogP contribution in [0.15, 0.2) is 47.3 Å². The highest BCUT2D eigenvalue weighted by Crippen LogP contribution is 2.31. The minimum absolute atomic E-state index is 0.511. The molecule has 0 spiro atoms. The van der Waals surface area contributed by atoms with Gasteiger partial charge in [0, 0.05) is 6.08 Å². The summed E-state index contributed by atoms with van der Waals surface area (Å²) in [6, 6.07) is 0. The van der Waals surface area contributed by atoms with Crippen molar-refractivity contribution in [2.75, 3.05) is 14.2 Å². The molecule has 0 bridgehead atoms. The molecule has 1 heterocycles. The molecule has 0 fully saturated rings. The first-order valence-corrected chi connectivity index (χ1v) is 4.42. The van der Waals surface area contributed by atoms with Crippen molar-refractivity contribution in [3.05, 3.63) is 47.3 Å². The standard InChI is InChI=1S/C11H12O3/c1-12-10-5-3-4-8-6-11(13-2)14-7-9(8)10/h4-7H,3H2,1-2H3. The molecule has 0 aromatic carbocycles. The monoisotopic (exact) mass is 192 g/mol. The van der Waals surface area contributed by atoms with Crippen LogP contribution >= 0.6 is 0 Å². The fourth-order valence-corrected chi connectivity index (χ4v) is 1.50. The molecule has 1 aliphatic heterocycles. The molecule has 3 nitrogen and oxygen atoms in total. The minimum atomic E-state index is 0.511. The molecule has 0 radical (unpaired) electrons. The second-order valence-electron chi connectivity index (χ2n) is 2.98. The van der Waals surface area contributed by atoms with Gasteiger partial charge in [0.1, 0.15) is 12.0 Å². The average Bonchev–Trinajstić information content (AvgIpc) is 2.27. The molecule has 0 amide bonds. The lowest BCUT2D eigenvalue weighted by Gasteiger charge is -2.20. The number of ether oxygens (including phenoxy) is 3. The molecule has 0 aromatic rings. The zero-order chi connectivity index (χ0) is 9.97. The van der Waals surface area contributed by atoms with Gasteiger partial charge in [-0.25, -0.2) is 0 Å². The minimum Gasteiger partial charge on any atom is -0.496 e. The van der Waals surface area contributed by atoms with Crippen molar-refractivity contribution in [2.45, 2.75) is 6.42 Å². The van der Waals surface area contributed by atoms with Crippen LogP contribution in [-0.4, -0.2) is 14.2 Å². The van der Waals surface area contributed by atoms with E-state index in [1.807, 2.05) is 12.2 Å². The van der Waals surface area contributed by atoms with Crippen molar-refractivity contribution >= 4 is 0 Å². The van der Waals surface area contributed by atoms with Gasteiger partial charge in [0.15, 0.2) is 0 Å². The number of hydrogen-bond donors (Lipinski definition) is 0. The third-order valence-electron chi connectivity index (χ3n) is 2.20. The second kappa shape index (κ2) is 3.62. The number of methoxy groups -OCH3 is 2. The fourth-order valence-electron chi connectivity index (χ4n) is 1.50. The van der Waals surface area contributed by atoms with Gasteiger partial charge in [-0.2, -0.15) is 0 Å². The van der Waals surface area contributed by atoms with Gasteiger partial charge in [-0.1, -0.05) is 6.08 Å². The van der Waals surface area contributed by atoms with Crippen LogP contribution in [0, 0.1) is 0 Å². The smallest absolute Gasteiger partial charge is 0.284 e. The Morgan fingerprint density at radius 3 is 2.79 bits per heavy atom. The van der Waals surface area contributed by atoms with E-state index in [9.17, 15) is 0 Å². The van der Waals surface area contributed by atoms with Gasteiger partial charge in [0.05, 0.1) is 19.8 Å². The summed E-state index contributed by atoms with van der Waals surface area (Å²) in [5.74, 6) is 1.37. The SMILES string of the molecule is COC1=CC2=CCC=C(OC)C2=CO1. The van der Waals surface area contributed by atoms with Crippen molar-refractivity contribution in [3.63, 3.8) is 0 Å². The lowest BCUT2D eigenvalue weighted by atomic mass is 9.98. The van der Waals surface area contributed by atoms with E-state index in [-0.39, 0.29) is 0 Å². The summed E-state index contributed by atoms with van der Waals surface area (Å²) in [4.78, 5) is 0. The maximum absolute atomic E-state index is 5.24. The van der Waals surface area contributed by atoms with Crippen molar-refractivity contribution in [1.29, 1.82) is 0 Å². The van der Waals surface area contributed by atoms with Crippen molar-refractivity contribution < 1.29 is 14.2 Å². The molecule has 74 valence electrons. The molecule has 2 rings (SSSR count). The fraction of sp³-hybridized carbons (Fsp3) is 0.273. The normalized spacial score (nSPS) is 19.3. The van der Waals surface area contributed by atoms with Crippen LogP contribution in [0.5, 0.6) is 0 Å². The first-order valence-electron chi connectivity index (χ1n) is 4.42. The van der Waals surface area contributed by atoms with E-state index < -0.39 is 0 Å². The molecule has 0 aromatic heterocycles. The van der Waals surface area contributed by atoms with Gasteiger partial charge >= 0.3 is 0 Å². The number of hydrogen-bond acceptors (Lipinski definition) is 3. The van der Waals surface area contributed by atoms with Crippen LogP contribution in [0.3, 0.4) is 0 Å². The van der Waals surface area contributed by atoms with Crippen molar-refractivity contribution in [2.24, 2.45) is 0 Å². The lowest BCUT2D eigenvalue weighted by Crippen LogP contribution is -2.06. The summed E-state index contributed by atoms with van der Waals surface area (Å²) < 4.78 is 15.5. The van der Waals surface area contributed by atoms with E-state index in [1.165, 1.54) is 0 Å². The van der Waals surface area contributed by atoms with E-state index in [0.717, 1.165) is 23.3 Å². The molecule has 3 heteroatoms. The van der Waals surface area contributed by atoms with Gasteiger partial charge < -0.3 is 14.2 Å². The van der Waals surface area contributed by atoms with E-state index in [2.05, 4.69) is 6.08 Å². The summed E-state index contributed by atoms with van der Waals surface area (Å²) in [6.45, 7) is 0. The largest absolute Gasteiger partial charge is 0.496 e. The van der Waals surface area contributed by atoms with E-state index in [0.29, 0.717) is 5.95 Å². The third kappa shape index (κ3) is 1.41. The summed E-state index contributed by atoms with van der Waals surface area (Å²) in [5.41, 5.74) is 2.06. The third-order valence-corrected chi connectivity index (χ3v) is 2.20. The molecule has 0 unspecified atom stereocenters. The van der Waals surface area contributed by atoms with Gasteiger partial charge in [-0.05, 0) is 18.1 Å². The Labute approximate surface area is 83.0 Å². The van der Waals surface area contributed by atoms with Crippen molar-refractivity contribution in [1.82, 2.24) is 0 Å². The molecule has 0 N–H and O–H groups in total. The molecule has 1 aliphatic carbocycles. The number of allylic oxidation sites excluding steroid dienone is 4. The Kier molecular flexibility index (Phi) is 2.31. The summed E-state index contributed by atoms with van der Waals surface area (Å²) >= 11 is 0. The van der Waals surface area contributed by atoms with Gasteiger partial charge in [-0.15, -0.1) is 0 Å². The Balaban J connectivity index is 2.28. The summed E-state index contributed by atoms with van der Waals surface area (Å²) in [7, 11) is 3.24. The Morgan fingerprint density at radius 1 is 1.21 bits per heavy atom. The molecule has 0 saturated heterocycles. The first kappa shape index (κ1) is 8.94. The van der Waals surface area contributed by atoms with Crippen LogP contribution in [0.25, 0.3) is 0 Å². The topological polar surface area (TPSA) is 27.7 Å².